The van der Waals surface area contributed by atoms with Crippen molar-refractivity contribution in [2.45, 2.75) is 24.9 Å². The van der Waals surface area contributed by atoms with Crippen LogP contribution < -0.4 is 10.9 Å². The van der Waals surface area contributed by atoms with E-state index in [0.717, 1.165) is 19.3 Å². The first-order valence-corrected chi connectivity index (χ1v) is 6.06. The number of hydrogen-bond acceptors (Lipinski definition) is 3. The van der Waals surface area contributed by atoms with Crippen molar-refractivity contribution in [1.29, 1.82) is 0 Å². The molecule has 0 aromatic carbocycles. The van der Waals surface area contributed by atoms with Crippen LogP contribution in [0.25, 0.3) is 0 Å². The molecule has 1 aliphatic rings. The maximum atomic E-state index is 11.9. The zero-order valence-electron chi connectivity index (χ0n) is 10.7. The molecule has 5 nitrogen and oxygen atoms in total. The number of aromatic nitrogens is 1. The highest BCUT2D eigenvalue weighted by molar-refractivity contribution is 5.94. The molecule has 1 aliphatic carbocycles. The van der Waals surface area contributed by atoms with Crippen molar-refractivity contribution in [3.8, 4) is 0 Å². The van der Waals surface area contributed by atoms with Gasteiger partial charge in [-0.25, -0.2) is 0 Å². The van der Waals surface area contributed by atoms with Gasteiger partial charge in [0.1, 0.15) is 0 Å². The summed E-state index contributed by atoms with van der Waals surface area (Å²) in [6, 6.07) is 2.98. The minimum Gasteiger partial charge on any atom is -0.376 e. The molecule has 0 radical (unpaired) electrons. The van der Waals surface area contributed by atoms with Crippen LogP contribution >= 0.6 is 0 Å². The Hall–Kier alpha value is -1.62. The van der Waals surface area contributed by atoms with Gasteiger partial charge in [-0.15, -0.1) is 0 Å². The summed E-state index contributed by atoms with van der Waals surface area (Å²) in [5.74, 6) is -0.226. The molecule has 0 atom stereocenters. The smallest absolute Gasteiger partial charge is 0.251 e. The lowest BCUT2D eigenvalue weighted by Crippen LogP contribution is -2.49. The molecule has 1 fully saturated rings. The van der Waals surface area contributed by atoms with Crippen LogP contribution in [0.2, 0.25) is 0 Å². The Bertz CT molecular complexity index is 498. The SMILES string of the molecule is COC1(CNC(=O)c2ccn(C)c(=O)c2)CCC1. The van der Waals surface area contributed by atoms with Crippen molar-refractivity contribution in [2.24, 2.45) is 7.05 Å². The number of pyridine rings is 1. The highest BCUT2D eigenvalue weighted by Gasteiger charge is 2.37. The van der Waals surface area contributed by atoms with Gasteiger partial charge in [0.25, 0.3) is 11.5 Å². The number of nitrogens with zero attached hydrogens (tertiary/aromatic N) is 1. The molecule has 18 heavy (non-hydrogen) atoms. The van der Waals surface area contributed by atoms with Crippen LogP contribution in [0.5, 0.6) is 0 Å². The second-order valence-corrected chi connectivity index (χ2v) is 4.79. The molecule has 1 aromatic heterocycles. The second kappa shape index (κ2) is 4.94. The Morgan fingerprint density at radius 1 is 1.56 bits per heavy atom. The monoisotopic (exact) mass is 250 g/mol. The van der Waals surface area contributed by atoms with Gasteiger partial charge < -0.3 is 14.6 Å². The molecule has 2 rings (SSSR count). The number of aryl methyl sites for hydroxylation is 1. The molecule has 0 aliphatic heterocycles. The van der Waals surface area contributed by atoms with E-state index in [0.29, 0.717) is 12.1 Å². The number of amides is 1. The molecular weight excluding hydrogens is 232 g/mol. The van der Waals surface area contributed by atoms with E-state index in [1.165, 1.54) is 10.6 Å². The molecule has 1 N–H and O–H groups in total. The number of nitrogens with one attached hydrogen (secondary N) is 1. The minimum atomic E-state index is -0.226. The maximum Gasteiger partial charge on any atom is 0.251 e. The van der Waals surface area contributed by atoms with E-state index in [1.54, 1.807) is 26.4 Å². The van der Waals surface area contributed by atoms with Gasteiger partial charge >= 0.3 is 0 Å². The third-order valence-corrected chi connectivity index (χ3v) is 3.64. The summed E-state index contributed by atoms with van der Waals surface area (Å²) in [5, 5.41) is 2.83. The van der Waals surface area contributed by atoms with E-state index in [9.17, 15) is 9.59 Å². The minimum absolute atomic E-state index is 0.187. The molecule has 0 saturated heterocycles. The average Bonchev–Trinajstić information content (AvgIpc) is 2.31. The molecule has 1 aromatic rings. The number of carbonyl (C=O) groups excluding carboxylic acids is 1. The lowest BCUT2D eigenvalue weighted by atomic mass is 9.80. The highest BCUT2D eigenvalue weighted by Crippen LogP contribution is 2.34. The average molecular weight is 250 g/mol. The summed E-state index contributed by atoms with van der Waals surface area (Å²) in [5.41, 5.74) is 0.00602. The van der Waals surface area contributed by atoms with E-state index in [1.807, 2.05) is 0 Å². The zero-order chi connectivity index (χ0) is 13.2. The van der Waals surface area contributed by atoms with Crippen LogP contribution in [0.1, 0.15) is 29.6 Å². The predicted molar refractivity (Wildman–Crippen MR) is 67.6 cm³/mol. The van der Waals surface area contributed by atoms with Gasteiger partial charge in [-0.05, 0) is 25.3 Å². The van der Waals surface area contributed by atoms with Crippen molar-refractivity contribution in [3.63, 3.8) is 0 Å². The first-order chi connectivity index (χ1) is 8.56. The van der Waals surface area contributed by atoms with Crippen LogP contribution in [-0.2, 0) is 11.8 Å². The topological polar surface area (TPSA) is 60.3 Å². The first kappa shape index (κ1) is 12.8. The second-order valence-electron chi connectivity index (χ2n) is 4.79. The van der Waals surface area contributed by atoms with Crippen LogP contribution in [0.4, 0.5) is 0 Å². The largest absolute Gasteiger partial charge is 0.376 e. The Morgan fingerprint density at radius 3 is 2.78 bits per heavy atom. The Kier molecular flexibility index (Phi) is 3.52. The van der Waals surface area contributed by atoms with Gasteiger partial charge in [0.15, 0.2) is 0 Å². The predicted octanol–water partition coefficient (Wildman–Crippen LogP) is 0.684. The number of ether oxygens (including phenoxy) is 1. The van der Waals surface area contributed by atoms with E-state index >= 15 is 0 Å². The normalized spacial score (nSPS) is 17.0. The van der Waals surface area contributed by atoms with Crippen molar-refractivity contribution in [3.05, 3.63) is 34.2 Å². The number of carbonyl (C=O) groups is 1. The third-order valence-electron chi connectivity index (χ3n) is 3.64. The summed E-state index contributed by atoms with van der Waals surface area (Å²) < 4.78 is 6.85. The fourth-order valence-electron chi connectivity index (χ4n) is 2.06. The molecule has 0 bridgehead atoms. The first-order valence-electron chi connectivity index (χ1n) is 6.06. The van der Waals surface area contributed by atoms with E-state index in [4.69, 9.17) is 4.74 Å². The fraction of sp³-hybridized carbons (Fsp3) is 0.538. The summed E-state index contributed by atoms with van der Waals surface area (Å²) in [6.07, 6.45) is 4.67. The van der Waals surface area contributed by atoms with E-state index in [-0.39, 0.29) is 17.1 Å². The third kappa shape index (κ3) is 2.46. The lowest BCUT2D eigenvalue weighted by Gasteiger charge is -2.40. The Balaban J connectivity index is 1.99. The molecular formula is C13H18N2O3. The zero-order valence-corrected chi connectivity index (χ0v) is 10.7. The van der Waals surface area contributed by atoms with Gasteiger partial charge in [-0.3, -0.25) is 9.59 Å². The van der Waals surface area contributed by atoms with Crippen LogP contribution in [-0.4, -0.2) is 29.7 Å². The molecule has 0 spiro atoms. The van der Waals surface area contributed by atoms with Crippen LogP contribution in [0, 0.1) is 0 Å². The number of methoxy groups -OCH3 is 1. The molecule has 1 saturated carbocycles. The standard InChI is InChI=1S/C13H18N2O3/c1-15-7-4-10(8-11(15)16)12(17)14-9-13(18-2)5-3-6-13/h4,7-8H,3,5-6,9H2,1-2H3,(H,14,17). The lowest BCUT2D eigenvalue weighted by molar-refractivity contribution is -0.0679. The van der Waals surface area contributed by atoms with Gasteiger partial charge in [0, 0.05) is 38.5 Å². The maximum absolute atomic E-state index is 11.9. The van der Waals surface area contributed by atoms with Crippen molar-refractivity contribution in [2.75, 3.05) is 13.7 Å². The summed E-state index contributed by atoms with van der Waals surface area (Å²) in [6.45, 7) is 0.498. The van der Waals surface area contributed by atoms with Crippen molar-refractivity contribution >= 4 is 5.91 Å². The van der Waals surface area contributed by atoms with Gasteiger partial charge in [-0.2, -0.15) is 0 Å². The molecule has 5 heteroatoms. The summed E-state index contributed by atoms with van der Waals surface area (Å²) >= 11 is 0. The van der Waals surface area contributed by atoms with Crippen LogP contribution in [0.15, 0.2) is 23.1 Å². The van der Waals surface area contributed by atoms with Crippen molar-refractivity contribution < 1.29 is 9.53 Å². The van der Waals surface area contributed by atoms with Gasteiger partial charge in [0.05, 0.1) is 5.60 Å². The highest BCUT2D eigenvalue weighted by atomic mass is 16.5. The fourth-order valence-corrected chi connectivity index (χ4v) is 2.06. The molecule has 98 valence electrons. The van der Waals surface area contributed by atoms with Gasteiger partial charge in [0.2, 0.25) is 0 Å². The molecule has 0 unspecified atom stereocenters. The number of hydrogen-bond donors (Lipinski definition) is 1. The molecule has 1 heterocycles. The molecule has 1 amide bonds. The van der Waals surface area contributed by atoms with Gasteiger partial charge in [-0.1, -0.05) is 0 Å². The van der Waals surface area contributed by atoms with Crippen LogP contribution in [0.3, 0.4) is 0 Å². The van der Waals surface area contributed by atoms with Crippen molar-refractivity contribution in [1.82, 2.24) is 9.88 Å². The summed E-state index contributed by atoms with van der Waals surface area (Å²) in [4.78, 5) is 23.3. The summed E-state index contributed by atoms with van der Waals surface area (Å²) in [7, 11) is 3.32. The van der Waals surface area contributed by atoms with E-state index in [2.05, 4.69) is 5.32 Å². The Labute approximate surface area is 106 Å². The van der Waals surface area contributed by atoms with E-state index < -0.39 is 0 Å². The quantitative estimate of drug-likeness (QED) is 0.855. The number of rotatable bonds is 4. The Morgan fingerprint density at radius 2 is 2.28 bits per heavy atom.